The van der Waals surface area contributed by atoms with Crippen LogP contribution in [0.4, 0.5) is 5.69 Å². The van der Waals surface area contributed by atoms with Gasteiger partial charge in [-0.05, 0) is 43.5 Å². The Hall–Kier alpha value is -1.02. The molecule has 1 saturated heterocycles. The molecule has 1 aliphatic rings. The Labute approximate surface area is 104 Å². The summed E-state index contributed by atoms with van der Waals surface area (Å²) in [6, 6.07) is 6.68. The molecule has 2 heteroatoms. The molecule has 1 aromatic rings. The Morgan fingerprint density at radius 2 is 1.76 bits per heavy atom. The predicted octanol–water partition coefficient (Wildman–Crippen LogP) is 2.90. The molecule has 0 aliphatic carbocycles. The van der Waals surface area contributed by atoms with E-state index >= 15 is 0 Å². The molecule has 17 heavy (non-hydrogen) atoms. The smallest absolute Gasteiger partial charge is 0.0624 e. The number of nitrogens with zero attached hydrogens (tertiary/aromatic N) is 1. The lowest BCUT2D eigenvalue weighted by atomic mass is 9.81. The van der Waals surface area contributed by atoms with Gasteiger partial charge >= 0.3 is 0 Å². The minimum Gasteiger partial charge on any atom is -0.392 e. The molecule has 1 atom stereocenters. The number of piperidine rings is 1. The van der Waals surface area contributed by atoms with Crippen LogP contribution in [0.2, 0.25) is 0 Å². The fourth-order valence-electron chi connectivity index (χ4n) is 2.70. The molecule has 1 unspecified atom stereocenters. The van der Waals surface area contributed by atoms with Crippen molar-refractivity contribution in [2.75, 3.05) is 18.0 Å². The van der Waals surface area contributed by atoms with Crippen LogP contribution in [-0.4, -0.2) is 24.3 Å². The van der Waals surface area contributed by atoms with Crippen LogP contribution < -0.4 is 4.90 Å². The second-order valence-electron chi connectivity index (χ2n) is 6.06. The van der Waals surface area contributed by atoms with Crippen LogP contribution >= 0.6 is 0 Å². The maximum atomic E-state index is 9.98. The van der Waals surface area contributed by atoms with Crippen molar-refractivity contribution in [3.63, 3.8) is 0 Å². The van der Waals surface area contributed by atoms with Gasteiger partial charge in [0.1, 0.15) is 0 Å². The summed E-state index contributed by atoms with van der Waals surface area (Å²) in [6.07, 6.45) is 0.685. The molecule has 0 amide bonds. The summed E-state index contributed by atoms with van der Waals surface area (Å²) < 4.78 is 0. The third-order valence-electron chi connectivity index (χ3n) is 3.74. The van der Waals surface area contributed by atoms with E-state index in [0.29, 0.717) is 0 Å². The molecule has 1 heterocycles. The van der Waals surface area contributed by atoms with Gasteiger partial charge in [0.2, 0.25) is 0 Å². The Bertz CT molecular complexity index is 391. The number of anilines is 1. The molecule has 94 valence electrons. The molecule has 1 aromatic carbocycles. The van der Waals surface area contributed by atoms with E-state index in [2.05, 4.69) is 50.8 Å². The van der Waals surface area contributed by atoms with Crippen LogP contribution in [0.1, 0.15) is 31.4 Å². The molecule has 1 N–H and O–H groups in total. The molecule has 0 radical (unpaired) electrons. The zero-order valence-electron chi connectivity index (χ0n) is 11.3. The zero-order chi connectivity index (χ0) is 12.6. The topological polar surface area (TPSA) is 23.5 Å². The molecular formula is C15H23NO. The summed E-state index contributed by atoms with van der Waals surface area (Å²) in [7, 11) is 0. The molecular weight excluding hydrogens is 210 g/mol. The van der Waals surface area contributed by atoms with Gasteiger partial charge in [-0.15, -0.1) is 0 Å². The number of aliphatic hydroxyl groups is 1. The van der Waals surface area contributed by atoms with Crippen LogP contribution in [-0.2, 0) is 0 Å². The van der Waals surface area contributed by atoms with E-state index in [1.54, 1.807) is 0 Å². The van der Waals surface area contributed by atoms with Gasteiger partial charge in [-0.3, -0.25) is 0 Å². The van der Waals surface area contributed by atoms with Crippen LogP contribution in [0.25, 0.3) is 0 Å². The molecule has 0 aromatic heterocycles. The van der Waals surface area contributed by atoms with Crippen LogP contribution in [0.3, 0.4) is 0 Å². The minimum absolute atomic E-state index is 0.0180. The van der Waals surface area contributed by atoms with Gasteiger partial charge in [0.15, 0.2) is 0 Å². The molecule has 0 saturated carbocycles. The van der Waals surface area contributed by atoms with E-state index in [1.807, 2.05) is 0 Å². The van der Waals surface area contributed by atoms with E-state index in [-0.39, 0.29) is 11.5 Å². The van der Waals surface area contributed by atoms with Gasteiger partial charge in [-0.25, -0.2) is 0 Å². The van der Waals surface area contributed by atoms with Crippen LogP contribution in [0, 0.1) is 19.3 Å². The standard InChI is InChI=1S/C15H23NO/c1-11-7-12(2)9-13(8-11)16-6-5-14(17)15(3,4)10-16/h7-9,14,17H,5-6,10H2,1-4H3. The first-order chi connectivity index (χ1) is 7.88. The molecule has 0 spiro atoms. The quantitative estimate of drug-likeness (QED) is 0.806. The fourth-order valence-corrected chi connectivity index (χ4v) is 2.70. The fraction of sp³-hybridized carbons (Fsp3) is 0.600. The molecule has 1 fully saturated rings. The van der Waals surface area contributed by atoms with Crippen LogP contribution in [0.5, 0.6) is 0 Å². The first kappa shape index (κ1) is 12.4. The highest BCUT2D eigenvalue weighted by Gasteiger charge is 2.34. The first-order valence-electron chi connectivity index (χ1n) is 6.40. The van der Waals surface area contributed by atoms with Crippen molar-refractivity contribution in [1.82, 2.24) is 0 Å². The SMILES string of the molecule is Cc1cc(C)cc(N2CCC(O)C(C)(C)C2)c1. The van der Waals surface area contributed by atoms with E-state index in [1.165, 1.54) is 16.8 Å². The summed E-state index contributed by atoms with van der Waals surface area (Å²) >= 11 is 0. The Morgan fingerprint density at radius 1 is 1.18 bits per heavy atom. The van der Waals surface area contributed by atoms with Crippen molar-refractivity contribution in [3.8, 4) is 0 Å². The number of aliphatic hydroxyl groups excluding tert-OH is 1. The summed E-state index contributed by atoms with van der Waals surface area (Å²) in [4.78, 5) is 2.40. The van der Waals surface area contributed by atoms with Gasteiger partial charge in [-0.1, -0.05) is 19.9 Å². The summed E-state index contributed by atoms with van der Waals surface area (Å²) in [5, 5.41) is 9.98. The minimum atomic E-state index is -0.176. The monoisotopic (exact) mass is 233 g/mol. The molecule has 0 bridgehead atoms. The normalized spacial score (nSPS) is 23.8. The van der Waals surface area contributed by atoms with Crippen molar-refractivity contribution < 1.29 is 5.11 Å². The van der Waals surface area contributed by atoms with E-state index in [0.717, 1.165) is 19.5 Å². The average Bonchev–Trinajstić information content (AvgIpc) is 2.20. The van der Waals surface area contributed by atoms with Crippen molar-refractivity contribution in [3.05, 3.63) is 29.3 Å². The highest BCUT2D eigenvalue weighted by Crippen LogP contribution is 2.32. The lowest BCUT2D eigenvalue weighted by Gasteiger charge is -2.43. The Kier molecular flexibility index (Phi) is 3.17. The zero-order valence-corrected chi connectivity index (χ0v) is 11.3. The summed E-state index contributed by atoms with van der Waals surface area (Å²) in [6.45, 7) is 10.4. The second kappa shape index (κ2) is 4.34. The highest BCUT2D eigenvalue weighted by molar-refractivity contribution is 5.51. The third-order valence-corrected chi connectivity index (χ3v) is 3.74. The van der Waals surface area contributed by atoms with Crippen molar-refractivity contribution in [1.29, 1.82) is 0 Å². The number of aryl methyl sites for hydroxylation is 2. The number of rotatable bonds is 1. The lowest BCUT2D eigenvalue weighted by molar-refractivity contribution is 0.0336. The van der Waals surface area contributed by atoms with E-state index < -0.39 is 0 Å². The Morgan fingerprint density at radius 3 is 2.29 bits per heavy atom. The summed E-state index contributed by atoms with van der Waals surface area (Å²) in [5.74, 6) is 0. The van der Waals surface area contributed by atoms with Gasteiger partial charge in [0.05, 0.1) is 6.10 Å². The summed E-state index contributed by atoms with van der Waals surface area (Å²) in [5.41, 5.74) is 3.89. The Balaban J connectivity index is 2.23. The molecule has 2 nitrogen and oxygen atoms in total. The maximum Gasteiger partial charge on any atom is 0.0624 e. The van der Waals surface area contributed by atoms with Crippen molar-refractivity contribution in [2.24, 2.45) is 5.41 Å². The highest BCUT2D eigenvalue weighted by atomic mass is 16.3. The van der Waals surface area contributed by atoms with Gasteiger partial charge in [-0.2, -0.15) is 0 Å². The van der Waals surface area contributed by atoms with Crippen molar-refractivity contribution in [2.45, 2.75) is 40.2 Å². The number of hydrogen-bond acceptors (Lipinski definition) is 2. The van der Waals surface area contributed by atoms with Gasteiger partial charge in [0.25, 0.3) is 0 Å². The number of hydrogen-bond donors (Lipinski definition) is 1. The van der Waals surface area contributed by atoms with E-state index in [4.69, 9.17) is 0 Å². The second-order valence-corrected chi connectivity index (χ2v) is 6.06. The van der Waals surface area contributed by atoms with Gasteiger partial charge < -0.3 is 10.0 Å². The molecule has 2 rings (SSSR count). The van der Waals surface area contributed by atoms with Crippen LogP contribution in [0.15, 0.2) is 18.2 Å². The lowest BCUT2D eigenvalue weighted by Crippen LogP contribution is -2.48. The third kappa shape index (κ3) is 2.63. The predicted molar refractivity (Wildman–Crippen MR) is 72.5 cm³/mol. The number of benzene rings is 1. The van der Waals surface area contributed by atoms with Crippen molar-refractivity contribution >= 4 is 5.69 Å². The first-order valence-corrected chi connectivity index (χ1v) is 6.40. The maximum absolute atomic E-state index is 9.98. The van der Waals surface area contributed by atoms with E-state index in [9.17, 15) is 5.11 Å². The molecule has 1 aliphatic heterocycles. The van der Waals surface area contributed by atoms with Gasteiger partial charge in [0, 0.05) is 24.2 Å². The largest absolute Gasteiger partial charge is 0.392 e. The average molecular weight is 233 g/mol.